The van der Waals surface area contributed by atoms with Gasteiger partial charge in [-0.05, 0) is 32.0 Å². The molecule has 18 heavy (non-hydrogen) atoms. The molecule has 0 amide bonds. The first-order valence-electron chi connectivity index (χ1n) is 6.80. The van der Waals surface area contributed by atoms with Gasteiger partial charge in [-0.15, -0.1) is 0 Å². The summed E-state index contributed by atoms with van der Waals surface area (Å²) in [6.45, 7) is 9.65. The molecule has 1 atom stereocenters. The molecule has 0 aliphatic heterocycles. The molecular formula is C15H25ClN2. The molecule has 0 fully saturated rings. The van der Waals surface area contributed by atoms with Crippen LogP contribution in [-0.4, -0.2) is 20.1 Å². The highest BCUT2D eigenvalue weighted by molar-refractivity contribution is 6.31. The van der Waals surface area contributed by atoms with Crippen molar-refractivity contribution in [3.8, 4) is 0 Å². The topological polar surface area (TPSA) is 15.3 Å². The van der Waals surface area contributed by atoms with Crippen LogP contribution in [0.25, 0.3) is 0 Å². The highest BCUT2D eigenvalue weighted by Gasteiger charge is 2.14. The molecule has 0 spiro atoms. The minimum atomic E-state index is 0.700. The molecule has 0 saturated carbocycles. The van der Waals surface area contributed by atoms with E-state index in [0.717, 1.165) is 24.7 Å². The average Bonchev–Trinajstić information content (AvgIpc) is 2.38. The highest BCUT2D eigenvalue weighted by atomic mass is 35.5. The summed E-state index contributed by atoms with van der Waals surface area (Å²) in [4.78, 5) is 2.42. The van der Waals surface area contributed by atoms with Gasteiger partial charge in [-0.25, -0.2) is 0 Å². The van der Waals surface area contributed by atoms with Crippen molar-refractivity contribution in [3.63, 3.8) is 0 Å². The molecule has 1 unspecified atom stereocenters. The predicted octanol–water partition coefficient (Wildman–Crippen LogP) is 3.93. The van der Waals surface area contributed by atoms with Gasteiger partial charge in [0.05, 0.1) is 0 Å². The summed E-state index contributed by atoms with van der Waals surface area (Å²) < 4.78 is 0. The largest absolute Gasteiger partial charge is 0.371 e. The summed E-state index contributed by atoms with van der Waals surface area (Å²) in [6, 6.07) is 6.18. The van der Waals surface area contributed by atoms with Crippen LogP contribution in [0, 0.1) is 5.92 Å². The van der Waals surface area contributed by atoms with Crippen LogP contribution >= 0.6 is 11.6 Å². The highest BCUT2D eigenvalue weighted by Crippen LogP contribution is 2.28. The Labute approximate surface area is 116 Å². The van der Waals surface area contributed by atoms with Crippen LogP contribution in [0.4, 0.5) is 5.69 Å². The van der Waals surface area contributed by atoms with Gasteiger partial charge in [0.2, 0.25) is 0 Å². The molecule has 2 nitrogen and oxygen atoms in total. The fourth-order valence-electron chi connectivity index (χ4n) is 2.10. The number of benzene rings is 1. The van der Waals surface area contributed by atoms with E-state index in [-0.39, 0.29) is 0 Å². The maximum Gasteiger partial charge on any atom is 0.0471 e. The van der Waals surface area contributed by atoms with Crippen molar-refractivity contribution < 1.29 is 0 Å². The number of hydrogen-bond acceptors (Lipinski definition) is 2. The Hall–Kier alpha value is -0.730. The summed E-state index contributed by atoms with van der Waals surface area (Å²) in [5.41, 5.74) is 2.46. The Morgan fingerprint density at radius 3 is 2.61 bits per heavy atom. The number of hydrogen-bond donors (Lipinski definition) is 1. The molecule has 1 aromatic rings. The lowest BCUT2D eigenvalue weighted by atomic mass is 10.1. The molecule has 0 saturated heterocycles. The van der Waals surface area contributed by atoms with Crippen molar-refractivity contribution >= 4 is 17.3 Å². The summed E-state index contributed by atoms with van der Waals surface area (Å²) in [5, 5.41) is 4.05. The van der Waals surface area contributed by atoms with Crippen LogP contribution in [-0.2, 0) is 6.54 Å². The van der Waals surface area contributed by atoms with E-state index in [4.69, 9.17) is 11.6 Å². The van der Waals surface area contributed by atoms with E-state index in [1.165, 1.54) is 17.7 Å². The Bertz CT molecular complexity index is 366. The van der Waals surface area contributed by atoms with Gasteiger partial charge < -0.3 is 10.2 Å². The Balaban J connectivity index is 3.00. The van der Waals surface area contributed by atoms with Crippen LogP contribution in [0.1, 0.15) is 32.8 Å². The van der Waals surface area contributed by atoms with E-state index in [1.54, 1.807) is 0 Å². The normalized spacial score (nSPS) is 12.5. The van der Waals surface area contributed by atoms with E-state index in [0.29, 0.717) is 5.92 Å². The first-order chi connectivity index (χ1) is 8.63. The van der Waals surface area contributed by atoms with Gasteiger partial charge in [-0.2, -0.15) is 0 Å². The van der Waals surface area contributed by atoms with Gasteiger partial charge in [-0.1, -0.05) is 37.9 Å². The second-order valence-electron chi connectivity index (χ2n) is 4.82. The van der Waals surface area contributed by atoms with E-state index >= 15 is 0 Å². The molecule has 0 aliphatic carbocycles. The van der Waals surface area contributed by atoms with Crippen LogP contribution in [0.2, 0.25) is 5.02 Å². The number of rotatable bonds is 7. The third-order valence-corrected chi connectivity index (χ3v) is 3.75. The minimum Gasteiger partial charge on any atom is -0.371 e. The van der Waals surface area contributed by atoms with Crippen molar-refractivity contribution in [1.29, 1.82) is 0 Å². The van der Waals surface area contributed by atoms with Crippen molar-refractivity contribution in [2.24, 2.45) is 5.92 Å². The van der Waals surface area contributed by atoms with Gasteiger partial charge in [0, 0.05) is 35.9 Å². The summed E-state index contributed by atoms with van der Waals surface area (Å²) in [7, 11) is 1.96. The number of anilines is 1. The van der Waals surface area contributed by atoms with Gasteiger partial charge in [-0.3, -0.25) is 0 Å². The van der Waals surface area contributed by atoms with Crippen molar-refractivity contribution in [1.82, 2.24) is 5.32 Å². The second kappa shape index (κ2) is 7.65. The summed E-state index contributed by atoms with van der Waals surface area (Å²) in [5.74, 6) is 0.700. The lowest BCUT2D eigenvalue weighted by Gasteiger charge is -2.28. The first-order valence-corrected chi connectivity index (χ1v) is 7.18. The fraction of sp³-hybridized carbons (Fsp3) is 0.600. The van der Waals surface area contributed by atoms with E-state index in [1.807, 2.05) is 19.2 Å². The Morgan fingerprint density at radius 2 is 2.06 bits per heavy atom. The van der Waals surface area contributed by atoms with Gasteiger partial charge in [0.1, 0.15) is 0 Å². The molecule has 102 valence electrons. The van der Waals surface area contributed by atoms with E-state index in [2.05, 4.69) is 37.1 Å². The standard InChI is InChI=1S/C15H25ClN2/c1-5-12(3)11-18(6-2)15-9-7-8-14(16)13(15)10-17-4/h7-9,12,17H,5-6,10-11H2,1-4H3. The molecule has 0 aliphatic rings. The second-order valence-corrected chi connectivity index (χ2v) is 5.23. The van der Waals surface area contributed by atoms with Crippen LogP contribution in [0.5, 0.6) is 0 Å². The molecule has 1 N–H and O–H groups in total. The molecule has 0 radical (unpaired) electrons. The lowest BCUT2D eigenvalue weighted by molar-refractivity contribution is 0.547. The third kappa shape index (κ3) is 3.89. The quantitative estimate of drug-likeness (QED) is 0.806. The van der Waals surface area contributed by atoms with Gasteiger partial charge in [0.25, 0.3) is 0 Å². The van der Waals surface area contributed by atoms with Crippen LogP contribution < -0.4 is 10.2 Å². The molecular weight excluding hydrogens is 244 g/mol. The van der Waals surface area contributed by atoms with Gasteiger partial charge >= 0.3 is 0 Å². The molecule has 0 bridgehead atoms. The fourth-order valence-corrected chi connectivity index (χ4v) is 2.33. The molecule has 1 rings (SSSR count). The zero-order valence-electron chi connectivity index (χ0n) is 12.0. The molecule has 1 aromatic carbocycles. The predicted molar refractivity (Wildman–Crippen MR) is 81.6 cm³/mol. The summed E-state index contributed by atoms with van der Waals surface area (Å²) >= 11 is 6.31. The van der Waals surface area contributed by atoms with Crippen LogP contribution in [0.3, 0.4) is 0 Å². The molecule has 0 aromatic heterocycles. The Kier molecular flexibility index (Phi) is 6.51. The van der Waals surface area contributed by atoms with Gasteiger partial charge in [0.15, 0.2) is 0 Å². The first kappa shape index (κ1) is 15.3. The number of halogens is 1. The molecule has 0 heterocycles. The van der Waals surface area contributed by atoms with Crippen molar-refractivity contribution in [2.45, 2.75) is 33.7 Å². The number of nitrogens with one attached hydrogen (secondary N) is 1. The average molecular weight is 269 g/mol. The smallest absolute Gasteiger partial charge is 0.0471 e. The van der Waals surface area contributed by atoms with E-state index in [9.17, 15) is 0 Å². The van der Waals surface area contributed by atoms with Crippen molar-refractivity contribution in [2.75, 3.05) is 25.0 Å². The summed E-state index contributed by atoms with van der Waals surface area (Å²) in [6.07, 6.45) is 1.21. The van der Waals surface area contributed by atoms with E-state index < -0.39 is 0 Å². The Morgan fingerprint density at radius 1 is 1.33 bits per heavy atom. The minimum absolute atomic E-state index is 0.700. The third-order valence-electron chi connectivity index (χ3n) is 3.40. The maximum atomic E-state index is 6.31. The maximum absolute atomic E-state index is 6.31. The monoisotopic (exact) mass is 268 g/mol. The lowest BCUT2D eigenvalue weighted by Crippen LogP contribution is -2.29. The molecule has 3 heteroatoms. The number of nitrogens with zero attached hydrogens (tertiary/aromatic N) is 1. The zero-order chi connectivity index (χ0) is 13.5. The zero-order valence-corrected chi connectivity index (χ0v) is 12.7. The van der Waals surface area contributed by atoms with Crippen molar-refractivity contribution in [3.05, 3.63) is 28.8 Å². The SMILES string of the molecule is CCC(C)CN(CC)c1cccc(Cl)c1CNC. The van der Waals surface area contributed by atoms with Crippen LogP contribution in [0.15, 0.2) is 18.2 Å².